The summed E-state index contributed by atoms with van der Waals surface area (Å²) in [7, 11) is 0. The van der Waals surface area contributed by atoms with Crippen LogP contribution in [0.15, 0.2) is 57.9 Å². The molecule has 3 rings (SSSR count). The van der Waals surface area contributed by atoms with E-state index in [0.717, 1.165) is 5.56 Å². The summed E-state index contributed by atoms with van der Waals surface area (Å²) in [5, 5.41) is 17.6. The van der Waals surface area contributed by atoms with E-state index >= 15 is 0 Å². The second-order valence-corrected chi connectivity index (χ2v) is 11.2. The first-order valence-electron chi connectivity index (χ1n) is 13.2. The van der Waals surface area contributed by atoms with Gasteiger partial charge in [-0.3, -0.25) is 20.2 Å². The largest absolute Gasteiger partial charge is 0.444 e. The molecule has 4 N–H and O–H groups in total. The molecule has 0 aliphatic heterocycles. The number of carbonyl (C=O) groups is 4. The third kappa shape index (κ3) is 11.3. The van der Waals surface area contributed by atoms with Gasteiger partial charge in [0.05, 0.1) is 5.69 Å². The smallest absolute Gasteiger partial charge is 0.414 e. The number of ether oxygens (including phenoxy) is 2. The zero-order chi connectivity index (χ0) is 31.8. The average Bonchev–Trinajstić information content (AvgIpc) is 3.32. The molecule has 0 fully saturated rings. The molecule has 0 unspecified atom stereocenters. The van der Waals surface area contributed by atoms with E-state index in [1.807, 2.05) is 0 Å². The molecule has 14 heteroatoms. The lowest BCUT2D eigenvalue weighted by molar-refractivity contribution is 0.0544. The fourth-order valence-corrected chi connectivity index (χ4v) is 3.26. The Morgan fingerprint density at radius 2 is 1.35 bits per heavy atom. The van der Waals surface area contributed by atoms with Crippen LogP contribution in [0.25, 0.3) is 0 Å². The molecule has 0 bridgehead atoms. The number of rotatable bonds is 6. The normalized spacial score (nSPS) is 11.1. The Labute approximate surface area is 248 Å². The molecule has 2 aromatic carbocycles. The van der Waals surface area contributed by atoms with Gasteiger partial charge in [0.15, 0.2) is 0 Å². The van der Waals surface area contributed by atoms with Crippen molar-refractivity contribution >= 4 is 41.3 Å². The van der Waals surface area contributed by atoms with Crippen LogP contribution in [0.5, 0.6) is 0 Å². The number of benzene rings is 2. The number of aryl methyl sites for hydroxylation is 1. The molecular weight excluding hydrogens is 558 g/mol. The predicted molar refractivity (Wildman–Crippen MR) is 157 cm³/mol. The van der Waals surface area contributed by atoms with E-state index < -0.39 is 29.3 Å². The molecule has 3 aromatic rings. The lowest BCUT2D eigenvalue weighted by atomic mass is 10.1. The van der Waals surface area contributed by atoms with Crippen LogP contribution in [-0.4, -0.2) is 51.4 Å². The maximum Gasteiger partial charge on any atom is 0.414 e. The van der Waals surface area contributed by atoms with Crippen molar-refractivity contribution in [2.45, 2.75) is 66.2 Å². The number of anilines is 1. The van der Waals surface area contributed by atoms with Crippen molar-refractivity contribution in [1.29, 1.82) is 0 Å². The quantitative estimate of drug-likeness (QED) is 0.234. The van der Waals surface area contributed by atoms with E-state index in [0.29, 0.717) is 22.8 Å². The molecule has 43 heavy (non-hydrogen) atoms. The first kappa shape index (κ1) is 32.2. The SMILES string of the molecule is Cc1nnc(C(=O)NCc2ccc(NC(=O)c3ccc(N=C(NC(=O)OC(C)(C)C)NC(=O)OC(C)(C)C)cc3)cc2)o1. The minimum absolute atomic E-state index is 0.118. The summed E-state index contributed by atoms with van der Waals surface area (Å²) >= 11 is 0. The summed E-state index contributed by atoms with van der Waals surface area (Å²) < 4.78 is 15.6. The van der Waals surface area contributed by atoms with Crippen molar-refractivity contribution in [3.05, 3.63) is 71.4 Å². The van der Waals surface area contributed by atoms with Crippen molar-refractivity contribution in [3.63, 3.8) is 0 Å². The van der Waals surface area contributed by atoms with Gasteiger partial charge in [0.25, 0.3) is 5.91 Å². The number of aromatic nitrogens is 2. The maximum absolute atomic E-state index is 12.8. The van der Waals surface area contributed by atoms with Crippen molar-refractivity contribution in [2.75, 3.05) is 5.32 Å². The van der Waals surface area contributed by atoms with E-state index in [1.54, 1.807) is 84.9 Å². The molecule has 0 atom stereocenters. The van der Waals surface area contributed by atoms with Crippen molar-refractivity contribution < 1.29 is 33.1 Å². The molecule has 0 spiro atoms. The van der Waals surface area contributed by atoms with Gasteiger partial charge in [-0.2, -0.15) is 0 Å². The van der Waals surface area contributed by atoms with Crippen LogP contribution in [0.2, 0.25) is 0 Å². The van der Waals surface area contributed by atoms with Crippen molar-refractivity contribution in [2.24, 2.45) is 4.99 Å². The monoisotopic (exact) mass is 593 g/mol. The van der Waals surface area contributed by atoms with E-state index in [1.165, 1.54) is 12.1 Å². The first-order valence-corrected chi connectivity index (χ1v) is 13.2. The summed E-state index contributed by atoms with van der Waals surface area (Å²) in [5.74, 6) is -0.902. The molecule has 14 nitrogen and oxygen atoms in total. The fourth-order valence-electron chi connectivity index (χ4n) is 3.26. The van der Waals surface area contributed by atoms with Crippen molar-refractivity contribution in [1.82, 2.24) is 26.1 Å². The third-order valence-corrected chi connectivity index (χ3v) is 4.99. The molecule has 0 aliphatic rings. The minimum atomic E-state index is -0.825. The lowest BCUT2D eigenvalue weighted by Crippen LogP contribution is -2.47. The van der Waals surface area contributed by atoms with Crippen LogP contribution < -0.4 is 21.3 Å². The maximum atomic E-state index is 12.8. The fraction of sp³-hybridized carbons (Fsp3) is 0.345. The summed E-state index contributed by atoms with van der Waals surface area (Å²) in [5.41, 5.74) is 0.455. The van der Waals surface area contributed by atoms with Gasteiger partial charge in [0.2, 0.25) is 11.9 Å². The average molecular weight is 594 g/mol. The number of amides is 4. The van der Waals surface area contributed by atoms with Crippen LogP contribution in [0.4, 0.5) is 21.0 Å². The number of aliphatic imine (C=N–C) groups is 1. The lowest BCUT2D eigenvalue weighted by Gasteiger charge is -2.22. The van der Waals surface area contributed by atoms with Gasteiger partial charge in [-0.1, -0.05) is 12.1 Å². The zero-order valence-electron chi connectivity index (χ0n) is 25.0. The van der Waals surface area contributed by atoms with Crippen LogP contribution in [0, 0.1) is 6.92 Å². The molecule has 0 radical (unpaired) electrons. The highest BCUT2D eigenvalue weighted by molar-refractivity contribution is 6.05. The van der Waals surface area contributed by atoms with Crippen LogP contribution in [0.1, 0.15) is 74.0 Å². The van der Waals surface area contributed by atoms with E-state index in [-0.39, 0.29) is 24.3 Å². The molecule has 0 saturated carbocycles. The standard InChI is InChI=1S/C29H35N7O7/c1-17-35-36-24(41-17)23(38)30-16-18-8-12-20(13-9-18)31-22(37)19-10-14-21(15-11-19)32-25(33-26(39)42-28(2,3)4)34-27(40)43-29(5,6)7/h8-15H,16H2,1-7H3,(H,30,38)(H,31,37)(H2,32,33,34,39,40). The van der Waals surface area contributed by atoms with Gasteiger partial charge in [-0.05, 0) is 83.5 Å². The number of hydrogen-bond acceptors (Lipinski definition) is 10. The number of nitrogens with zero attached hydrogens (tertiary/aromatic N) is 3. The van der Waals surface area contributed by atoms with Gasteiger partial charge in [0, 0.05) is 24.7 Å². The van der Waals surface area contributed by atoms with E-state index in [2.05, 4.69) is 36.5 Å². The zero-order valence-corrected chi connectivity index (χ0v) is 25.0. The first-order chi connectivity index (χ1) is 20.1. The molecule has 228 valence electrons. The minimum Gasteiger partial charge on any atom is -0.444 e. The predicted octanol–water partition coefficient (Wildman–Crippen LogP) is 4.60. The van der Waals surface area contributed by atoms with Gasteiger partial charge in [-0.25, -0.2) is 14.6 Å². The second-order valence-electron chi connectivity index (χ2n) is 11.2. The van der Waals surface area contributed by atoms with E-state index in [9.17, 15) is 19.2 Å². The highest BCUT2D eigenvalue weighted by Crippen LogP contribution is 2.16. The third-order valence-electron chi connectivity index (χ3n) is 4.99. The Hall–Kier alpha value is -5.27. The van der Waals surface area contributed by atoms with E-state index in [4.69, 9.17) is 13.9 Å². The Balaban J connectivity index is 1.62. The molecule has 0 saturated heterocycles. The Morgan fingerprint density at radius 3 is 1.84 bits per heavy atom. The topological polar surface area (TPSA) is 186 Å². The molecule has 1 heterocycles. The molecule has 0 aliphatic carbocycles. The summed E-state index contributed by atoms with van der Waals surface area (Å²) in [6.07, 6.45) is -1.65. The molecule has 4 amide bonds. The number of alkyl carbamates (subject to hydrolysis) is 2. The summed E-state index contributed by atoms with van der Waals surface area (Å²) in [6, 6.07) is 13.1. The van der Waals surface area contributed by atoms with Gasteiger partial charge >= 0.3 is 24.0 Å². The van der Waals surface area contributed by atoms with Gasteiger partial charge in [-0.15, -0.1) is 10.2 Å². The number of guanidine groups is 1. The number of carbonyl (C=O) groups excluding carboxylic acids is 4. The Bertz CT molecular complexity index is 1450. The highest BCUT2D eigenvalue weighted by atomic mass is 16.6. The second kappa shape index (κ2) is 13.6. The van der Waals surface area contributed by atoms with Gasteiger partial charge < -0.3 is 24.5 Å². The van der Waals surface area contributed by atoms with Crippen LogP contribution >= 0.6 is 0 Å². The summed E-state index contributed by atoms with van der Waals surface area (Å²) in [6.45, 7) is 12.0. The Kier molecular flexibility index (Phi) is 10.2. The Morgan fingerprint density at radius 1 is 0.791 bits per heavy atom. The number of hydrogen-bond donors (Lipinski definition) is 4. The van der Waals surface area contributed by atoms with Crippen LogP contribution in [-0.2, 0) is 16.0 Å². The van der Waals surface area contributed by atoms with Crippen LogP contribution in [0.3, 0.4) is 0 Å². The molecular formula is C29H35N7O7. The summed E-state index contributed by atoms with van der Waals surface area (Å²) in [4.78, 5) is 53.7. The number of nitrogens with one attached hydrogen (secondary N) is 4. The highest BCUT2D eigenvalue weighted by Gasteiger charge is 2.21. The molecule has 1 aromatic heterocycles. The van der Waals surface area contributed by atoms with Crippen molar-refractivity contribution in [3.8, 4) is 0 Å². The van der Waals surface area contributed by atoms with Gasteiger partial charge in [0.1, 0.15) is 11.2 Å².